The van der Waals surface area contributed by atoms with Crippen LogP contribution in [-0.2, 0) is 0 Å². The van der Waals surface area contributed by atoms with Crippen LogP contribution in [0.2, 0.25) is 5.02 Å². The zero-order valence-corrected chi connectivity index (χ0v) is 11.1. The molecule has 2 aromatic rings. The molecule has 0 spiro atoms. The average molecular weight is 267 g/mol. The van der Waals surface area contributed by atoms with Crippen molar-refractivity contribution < 1.29 is 4.52 Å². The van der Waals surface area contributed by atoms with Crippen molar-refractivity contribution in [3.8, 4) is 11.5 Å². The Balaban J connectivity index is 2.23. The maximum absolute atomic E-state index is 6.02. The molecule has 0 saturated carbocycles. The standard InChI is InChI=1S/C12H15ClN4O/c1-7(2)6-9(14)12-16-11(17-18-12)10-8(13)4-3-5-15-10/h3-5,7,9H,6,14H2,1-2H3. The van der Waals surface area contributed by atoms with Crippen molar-refractivity contribution in [1.82, 2.24) is 15.1 Å². The molecule has 0 fully saturated rings. The van der Waals surface area contributed by atoms with Crippen LogP contribution in [-0.4, -0.2) is 15.1 Å². The van der Waals surface area contributed by atoms with Crippen LogP contribution in [0.4, 0.5) is 0 Å². The van der Waals surface area contributed by atoms with Gasteiger partial charge in [-0.1, -0.05) is 30.6 Å². The molecule has 0 aromatic carbocycles. The number of halogens is 1. The Morgan fingerprint density at radius 1 is 1.44 bits per heavy atom. The molecule has 2 aromatic heterocycles. The Morgan fingerprint density at radius 2 is 2.22 bits per heavy atom. The summed E-state index contributed by atoms with van der Waals surface area (Å²) in [6.45, 7) is 4.18. The van der Waals surface area contributed by atoms with Crippen LogP contribution in [0, 0.1) is 5.92 Å². The van der Waals surface area contributed by atoms with E-state index in [1.807, 2.05) is 0 Å². The smallest absolute Gasteiger partial charge is 0.243 e. The molecule has 2 N–H and O–H groups in total. The van der Waals surface area contributed by atoms with Crippen molar-refractivity contribution in [2.45, 2.75) is 26.3 Å². The van der Waals surface area contributed by atoms with Crippen LogP contribution >= 0.6 is 11.6 Å². The molecule has 0 radical (unpaired) electrons. The van der Waals surface area contributed by atoms with Crippen molar-refractivity contribution in [3.63, 3.8) is 0 Å². The molecule has 0 aliphatic rings. The topological polar surface area (TPSA) is 77.8 Å². The molecule has 2 heterocycles. The molecule has 96 valence electrons. The molecule has 0 bridgehead atoms. The molecule has 6 heteroatoms. The largest absolute Gasteiger partial charge is 0.337 e. The molecule has 0 saturated heterocycles. The van der Waals surface area contributed by atoms with Gasteiger partial charge in [0.1, 0.15) is 5.69 Å². The summed E-state index contributed by atoms with van der Waals surface area (Å²) >= 11 is 6.02. The maximum atomic E-state index is 6.02. The van der Waals surface area contributed by atoms with E-state index in [-0.39, 0.29) is 6.04 Å². The van der Waals surface area contributed by atoms with Gasteiger partial charge >= 0.3 is 0 Å². The Morgan fingerprint density at radius 3 is 2.89 bits per heavy atom. The first-order valence-electron chi connectivity index (χ1n) is 5.78. The molecule has 2 rings (SSSR count). The van der Waals surface area contributed by atoms with Gasteiger partial charge in [0.25, 0.3) is 0 Å². The molecule has 0 aliphatic heterocycles. The summed E-state index contributed by atoms with van der Waals surface area (Å²) in [5.41, 5.74) is 6.48. The van der Waals surface area contributed by atoms with E-state index in [1.54, 1.807) is 18.3 Å². The Hall–Kier alpha value is -1.46. The Bertz CT molecular complexity index is 526. The van der Waals surface area contributed by atoms with Gasteiger partial charge < -0.3 is 10.3 Å². The van der Waals surface area contributed by atoms with Gasteiger partial charge in [-0.25, -0.2) is 0 Å². The van der Waals surface area contributed by atoms with Crippen molar-refractivity contribution in [1.29, 1.82) is 0 Å². The first-order chi connectivity index (χ1) is 8.58. The minimum absolute atomic E-state index is 0.256. The summed E-state index contributed by atoms with van der Waals surface area (Å²) in [4.78, 5) is 8.37. The highest BCUT2D eigenvalue weighted by Gasteiger charge is 2.18. The average Bonchev–Trinajstić information content (AvgIpc) is 2.78. The van der Waals surface area contributed by atoms with Gasteiger partial charge in [-0.05, 0) is 24.5 Å². The van der Waals surface area contributed by atoms with Crippen LogP contribution in [0.3, 0.4) is 0 Å². The fraction of sp³-hybridized carbons (Fsp3) is 0.417. The van der Waals surface area contributed by atoms with Crippen LogP contribution in [0.5, 0.6) is 0 Å². The van der Waals surface area contributed by atoms with Crippen molar-refractivity contribution in [2.75, 3.05) is 0 Å². The number of pyridine rings is 1. The molecule has 1 unspecified atom stereocenters. The van der Waals surface area contributed by atoms with Crippen LogP contribution < -0.4 is 5.73 Å². The van der Waals surface area contributed by atoms with Crippen LogP contribution in [0.15, 0.2) is 22.9 Å². The normalized spacial score (nSPS) is 12.9. The van der Waals surface area contributed by atoms with Crippen molar-refractivity contribution in [3.05, 3.63) is 29.2 Å². The second-order valence-corrected chi connectivity index (χ2v) is 4.93. The zero-order chi connectivity index (χ0) is 13.1. The van der Waals surface area contributed by atoms with Gasteiger partial charge in [-0.3, -0.25) is 4.98 Å². The van der Waals surface area contributed by atoms with Gasteiger partial charge in [0, 0.05) is 6.20 Å². The number of nitrogens with zero attached hydrogens (tertiary/aromatic N) is 3. The van der Waals surface area contributed by atoms with E-state index in [0.717, 1.165) is 6.42 Å². The minimum atomic E-state index is -0.256. The highest BCUT2D eigenvalue weighted by Crippen LogP contribution is 2.24. The highest BCUT2D eigenvalue weighted by atomic mass is 35.5. The third kappa shape index (κ3) is 2.86. The lowest BCUT2D eigenvalue weighted by molar-refractivity contribution is 0.335. The van der Waals surface area contributed by atoms with Gasteiger partial charge in [0.05, 0.1) is 11.1 Å². The number of hydrogen-bond acceptors (Lipinski definition) is 5. The lowest BCUT2D eigenvalue weighted by Gasteiger charge is -2.08. The third-order valence-electron chi connectivity index (χ3n) is 2.45. The van der Waals surface area contributed by atoms with Gasteiger partial charge in [0.15, 0.2) is 0 Å². The highest BCUT2D eigenvalue weighted by molar-refractivity contribution is 6.32. The summed E-state index contributed by atoms with van der Waals surface area (Å²) in [7, 11) is 0. The lowest BCUT2D eigenvalue weighted by Crippen LogP contribution is -2.13. The molecule has 18 heavy (non-hydrogen) atoms. The fourth-order valence-electron chi connectivity index (χ4n) is 1.64. The predicted molar refractivity (Wildman–Crippen MR) is 68.9 cm³/mol. The van der Waals surface area contributed by atoms with E-state index in [9.17, 15) is 0 Å². The third-order valence-corrected chi connectivity index (χ3v) is 2.76. The van der Waals surface area contributed by atoms with E-state index in [4.69, 9.17) is 21.9 Å². The second-order valence-electron chi connectivity index (χ2n) is 4.53. The van der Waals surface area contributed by atoms with Crippen LogP contribution in [0.1, 0.15) is 32.2 Å². The summed E-state index contributed by atoms with van der Waals surface area (Å²) in [5, 5.41) is 4.35. The van der Waals surface area contributed by atoms with Crippen LogP contribution in [0.25, 0.3) is 11.5 Å². The number of aromatic nitrogens is 3. The molecule has 0 aliphatic carbocycles. The van der Waals surface area contributed by atoms with Crippen molar-refractivity contribution in [2.24, 2.45) is 11.7 Å². The lowest BCUT2D eigenvalue weighted by atomic mass is 10.0. The summed E-state index contributed by atoms with van der Waals surface area (Å²) in [5.74, 6) is 1.25. The Labute approximate surface area is 110 Å². The maximum Gasteiger partial charge on any atom is 0.243 e. The number of nitrogens with two attached hydrogens (primary N) is 1. The minimum Gasteiger partial charge on any atom is -0.337 e. The first-order valence-corrected chi connectivity index (χ1v) is 6.15. The fourth-order valence-corrected chi connectivity index (χ4v) is 1.85. The van der Waals surface area contributed by atoms with E-state index >= 15 is 0 Å². The molecular formula is C12H15ClN4O. The monoisotopic (exact) mass is 266 g/mol. The molecule has 0 amide bonds. The van der Waals surface area contributed by atoms with E-state index in [2.05, 4.69) is 29.0 Å². The van der Waals surface area contributed by atoms with E-state index < -0.39 is 0 Å². The van der Waals surface area contributed by atoms with Gasteiger partial charge in [-0.15, -0.1) is 0 Å². The molecule has 1 atom stereocenters. The number of rotatable bonds is 4. The summed E-state index contributed by atoms with van der Waals surface area (Å²) in [6, 6.07) is 3.22. The van der Waals surface area contributed by atoms with Gasteiger partial charge in [-0.2, -0.15) is 4.98 Å². The summed E-state index contributed by atoms with van der Waals surface area (Å²) < 4.78 is 5.15. The Kier molecular flexibility index (Phi) is 3.93. The van der Waals surface area contributed by atoms with E-state index in [0.29, 0.717) is 28.3 Å². The number of hydrogen-bond donors (Lipinski definition) is 1. The second kappa shape index (κ2) is 5.46. The van der Waals surface area contributed by atoms with Gasteiger partial charge in [0.2, 0.25) is 11.7 Å². The molecule has 5 nitrogen and oxygen atoms in total. The van der Waals surface area contributed by atoms with Crippen molar-refractivity contribution >= 4 is 11.6 Å². The van der Waals surface area contributed by atoms with E-state index in [1.165, 1.54) is 0 Å². The predicted octanol–water partition coefficient (Wildman–Crippen LogP) is 2.83. The zero-order valence-electron chi connectivity index (χ0n) is 10.3. The SMILES string of the molecule is CC(C)CC(N)c1nc(-c2ncccc2Cl)no1. The quantitative estimate of drug-likeness (QED) is 0.921. The summed E-state index contributed by atoms with van der Waals surface area (Å²) in [6.07, 6.45) is 2.42. The first kappa shape index (κ1) is 13.0. The molecular weight excluding hydrogens is 252 g/mol.